The predicted octanol–water partition coefficient (Wildman–Crippen LogP) is 3.17. The monoisotopic (exact) mass is 519 g/mol. The van der Waals surface area contributed by atoms with Crippen LogP contribution in [0.5, 0.6) is 5.75 Å². The van der Waals surface area contributed by atoms with Crippen molar-refractivity contribution < 1.29 is 23.0 Å². The molecule has 5 nitrogen and oxygen atoms in total. The Hall–Kier alpha value is -0.880. The lowest BCUT2D eigenvalue weighted by Crippen LogP contribution is -2.47. The third kappa shape index (κ3) is 9.24. The van der Waals surface area contributed by atoms with Crippen LogP contribution >= 0.6 is 35.7 Å². The number of thioether (sulfide) groups is 1. The molecule has 27 heavy (non-hydrogen) atoms. The summed E-state index contributed by atoms with van der Waals surface area (Å²) in [6, 6.07) is 6.35. The largest absolute Gasteiger partial charge is 0.484 e. The first-order valence-electron chi connectivity index (χ1n) is 8.40. The number of ether oxygens (including phenoxy) is 1. The Labute approximate surface area is 178 Å². The van der Waals surface area contributed by atoms with E-state index >= 15 is 0 Å². The highest BCUT2D eigenvalue weighted by atomic mass is 127. The summed E-state index contributed by atoms with van der Waals surface area (Å²) in [6.07, 6.45) is -3.60. The van der Waals surface area contributed by atoms with Crippen LogP contribution < -0.4 is 15.4 Å². The smallest absolute Gasteiger partial charge is 0.422 e. The summed E-state index contributed by atoms with van der Waals surface area (Å²) in [4.78, 5) is 4.45. The number of aliphatic imine (C=N–C) groups is 1. The minimum Gasteiger partial charge on any atom is -0.484 e. The van der Waals surface area contributed by atoms with Gasteiger partial charge in [-0.3, -0.25) is 0 Å². The van der Waals surface area contributed by atoms with Gasteiger partial charge in [0.1, 0.15) is 5.75 Å². The van der Waals surface area contributed by atoms with Gasteiger partial charge in [0.25, 0.3) is 0 Å². The summed E-state index contributed by atoms with van der Waals surface area (Å²) in [6.45, 7) is 2.12. The van der Waals surface area contributed by atoms with Crippen LogP contribution in [0, 0.1) is 0 Å². The second-order valence-electron chi connectivity index (χ2n) is 6.12. The Kier molecular flexibility index (Phi) is 10.0. The summed E-state index contributed by atoms with van der Waals surface area (Å²) in [7, 11) is 0. The minimum atomic E-state index is -4.35. The summed E-state index contributed by atoms with van der Waals surface area (Å²) in [5.74, 6) is 2.42. The van der Waals surface area contributed by atoms with Crippen LogP contribution in [0.1, 0.15) is 18.9 Å². The molecule has 1 aromatic rings. The van der Waals surface area contributed by atoms with Crippen molar-refractivity contribution in [1.29, 1.82) is 0 Å². The zero-order valence-corrected chi connectivity index (χ0v) is 18.2. The third-order valence-electron chi connectivity index (χ3n) is 3.76. The fraction of sp³-hybridized carbons (Fsp3) is 0.588. The van der Waals surface area contributed by atoms with Gasteiger partial charge in [0.05, 0.1) is 12.1 Å². The lowest BCUT2D eigenvalue weighted by Gasteiger charge is -2.23. The maximum Gasteiger partial charge on any atom is 0.422 e. The van der Waals surface area contributed by atoms with E-state index in [-0.39, 0.29) is 29.7 Å². The van der Waals surface area contributed by atoms with Crippen LogP contribution in [-0.2, 0) is 6.54 Å². The van der Waals surface area contributed by atoms with E-state index in [0.29, 0.717) is 31.3 Å². The van der Waals surface area contributed by atoms with Crippen molar-refractivity contribution in [1.82, 2.24) is 10.6 Å². The Balaban J connectivity index is 0.00000364. The number of hydrogen-bond acceptors (Lipinski definition) is 4. The van der Waals surface area contributed by atoms with Gasteiger partial charge in [0.2, 0.25) is 0 Å². The van der Waals surface area contributed by atoms with Crippen LogP contribution in [0.3, 0.4) is 0 Å². The maximum absolute atomic E-state index is 12.1. The van der Waals surface area contributed by atoms with Crippen molar-refractivity contribution in [2.24, 2.45) is 4.99 Å². The van der Waals surface area contributed by atoms with Crippen LogP contribution in [0.25, 0.3) is 0 Å². The number of alkyl halides is 3. The number of nitrogens with one attached hydrogen (secondary N) is 2. The number of halogens is 4. The molecule has 2 rings (SSSR count). The molecule has 3 N–H and O–H groups in total. The highest BCUT2D eigenvalue weighted by Gasteiger charge is 2.31. The van der Waals surface area contributed by atoms with Crippen LogP contribution in [0.15, 0.2) is 29.3 Å². The van der Waals surface area contributed by atoms with E-state index in [4.69, 9.17) is 0 Å². The first-order valence-corrected chi connectivity index (χ1v) is 9.56. The Morgan fingerprint density at radius 2 is 2.00 bits per heavy atom. The molecule has 0 aromatic heterocycles. The average Bonchev–Trinajstić information content (AvgIpc) is 3.03. The standard InChI is InChI=1S/C17H24F3N3O2S.HI/c1-2-21-15(23-10-16(24)7-8-26-12-16)22-9-13-3-5-14(6-4-13)25-11-17(18,19)20;/h3-6,24H,2,7-12H2,1H3,(H2,21,22,23);1H. The fourth-order valence-corrected chi connectivity index (χ4v) is 3.65. The molecule has 154 valence electrons. The molecular weight excluding hydrogens is 494 g/mol. The van der Waals surface area contributed by atoms with E-state index in [2.05, 4.69) is 20.4 Å². The molecule has 1 aromatic carbocycles. The molecular formula is C17H25F3IN3O2S. The van der Waals surface area contributed by atoms with Gasteiger partial charge in [-0.2, -0.15) is 24.9 Å². The van der Waals surface area contributed by atoms with Crippen LogP contribution in [0.4, 0.5) is 13.2 Å². The number of hydrogen-bond donors (Lipinski definition) is 3. The summed E-state index contributed by atoms with van der Waals surface area (Å²) in [5, 5.41) is 16.6. The Morgan fingerprint density at radius 3 is 2.56 bits per heavy atom. The molecule has 0 amide bonds. The molecule has 0 spiro atoms. The Bertz CT molecular complexity index is 594. The van der Waals surface area contributed by atoms with E-state index in [1.807, 2.05) is 6.92 Å². The molecule has 1 fully saturated rings. The molecule has 1 saturated heterocycles. The first kappa shape index (κ1) is 24.2. The molecule has 1 aliphatic rings. The normalized spacial score (nSPS) is 20.1. The van der Waals surface area contributed by atoms with Crippen molar-refractivity contribution >= 4 is 41.7 Å². The molecule has 1 unspecified atom stereocenters. The molecule has 1 atom stereocenters. The van der Waals surface area contributed by atoms with Gasteiger partial charge in [-0.25, -0.2) is 4.99 Å². The van der Waals surface area contributed by atoms with E-state index in [0.717, 1.165) is 17.7 Å². The molecule has 0 saturated carbocycles. The van der Waals surface area contributed by atoms with Gasteiger partial charge < -0.3 is 20.5 Å². The lowest BCUT2D eigenvalue weighted by atomic mass is 10.0. The van der Waals surface area contributed by atoms with Crippen molar-refractivity contribution in [3.63, 3.8) is 0 Å². The number of nitrogens with zero attached hydrogens (tertiary/aromatic N) is 1. The lowest BCUT2D eigenvalue weighted by molar-refractivity contribution is -0.153. The highest BCUT2D eigenvalue weighted by Crippen LogP contribution is 2.26. The van der Waals surface area contributed by atoms with E-state index in [1.165, 1.54) is 12.1 Å². The van der Waals surface area contributed by atoms with Crippen LogP contribution in [0.2, 0.25) is 0 Å². The number of benzene rings is 1. The third-order valence-corrected chi connectivity index (χ3v) is 4.99. The molecule has 1 heterocycles. The topological polar surface area (TPSA) is 65.9 Å². The Morgan fingerprint density at radius 1 is 1.30 bits per heavy atom. The van der Waals surface area contributed by atoms with Gasteiger partial charge in [-0.15, -0.1) is 24.0 Å². The van der Waals surface area contributed by atoms with Gasteiger partial charge in [0, 0.05) is 18.8 Å². The van der Waals surface area contributed by atoms with E-state index in [9.17, 15) is 18.3 Å². The summed E-state index contributed by atoms with van der Waals surface area (Å²) in [5.41, 5.74) is 0.134. The van der Waals surface area contributed by atoms with Crippen molar-refractivity contribution in [2.75, 3.05) is 31.2 Å². The second-order valence-corrected chi connectivity index (χ2v) is 7.23. The molecule has 0 radical (unpaired) electrons. The first-order chi connectivity index (χ1) is 12.3. The van der Waals surface area contributed by atoms with Gasteiger partial charge in [-0.05, 0) is 36.8 Å². The zero-order chi connectivity index (χ0) is 19.0. The fourth-order valence-electron chi connectivity index (χ4n) is 2.35. The molecule has 0 bridgehead atoms. The minimum absolute atomic E-state index is 0. The van der Waals surface area contributed by atoms with Gasteiger partial charge in [0.15, 0.2) is 12.6 Å². The predicted molar refractivity (Wildman–Crippen MR) is 113 cm³/mol. The van der Waals surface area contributed by atoms with E-state index < -0.39 is 18.4 Å². The summed E-state index contributed by atoms with van der Waals surface area (Å²) < 4.78 is 41.1. The van der Waals surface area contributed by atoms with Crippen molar-refractivity contribution in [2.45, 2.75) is 31.7 Å². The second kappa shape index (κ2) is 11.2. The SMILES string of the molecule is CCNC(=NCc1ccc(OCC(F)(F)F)cc1)NCC1(O)CCSC1.I. The maximum atomic E-state index is 12.1. The highest BCUT2D eigenvalue weighted by molar-refractivity contribution is 14.0. The summed E-state index contributed by atoms with van der Waals surface area (Å²) >= 11 is 1.73. The van der Waals surface area contributed by atoms with Crippen molar-refractivity contribution in [3.05, 3.63) is 29.8 Å². The van der Waals surface area contributed by atoms with Crippen LogP contribution in [-0.4, -0.2) is 54.0 Å². The molecule has 1 aliphatic heterocycles. The van der Waals surface area contributed by atoms with Gasteiger partial charge in [-0.1, -0.05) is 12.1 Å². The zero-order valence-electron chi connectivity index (χ0n) is 15.0. The van der Waals surface area contributed by atoms with Crippen molar-refractivity contribution in [3.8, 4) is 5.75 Å². The molecule has 0 aliphatic carbocycles. The number of aliphatic hydroxyl groups is 1. The average molecular weight is 519 g/mol. The van der Waals surface area contributed by atoms with Gasteiger partial charge >= 0.3 is 6.18 Å². The molecule has 10 heteroatoms. The van der Waals surface area contributed by atoms with E-state index in [1.54, 1.807) is 23.9 Å². The number of rotatable bonds is 7. The quantitative estimate of drug-likeness (QED) is 0.294. The number of guanidine groups is 1.